The summed E-state index contributed by atoms with van der Waals surface area (Å²) in [5, 5.41) is 0. The van der Waals surface area contributed by atoms with Crippen molar-refractivity contribution in [2.24, 2.45) is 0 Å². The van der Waals surface area contributed by atoms with Crippen LogP contribution in [0.1, 0.15) is 219 Å². The molecule has 1 heterocycles. The minimum Gasteiger partial charge on any atom is -0.464 e. The van der Waals surface area contributed by atoms with Crippen LogP contribution < -0.4 is 0 Å². The predicted octanol–water partition coefficient (Wildman–Crippen LogP) is 13.2. The lowest BCUT2D eigenvalue weighted by Crippen LogP contribution is -2.24. The second-order valence-corrected chi connectivity index (χ2v) is 19.1. The normalized spacial score (nSPS) is 13.5. The molecular formula is C59H101NO12. The molecule has 0 N–H and O–H groups in total. The maximum absolute atomic E-state index is 12.8. The zero-order chi connectivity index (χ0) is 52.1. The van der Waals surface area contributed by atoms with E-state index >= 15 is 0 Å². The summed E-state index contributed by atoms with van der Waals surface area (Å²) in [4.78, 5) is 63.8. The first kappa shape index (κ1) is 66.2. The van der Waals surface area contributed by atoms with Gasteiger partial charge in [-0.2, -0.15) is 0 Å². The van der Waals surface area contributed by atoms with E-state index in [1.165, 1.54) is 103 Å². The Kier molecular flexibility index (Phi) is 47.9. The van der Waals surface area contributed by atoms with E-state index in [4.69, 9.17) is 33.2 Å². The highest BCUT2D eigenvalue weighted by Crippen LogP contribution is 2.15. The molecule has 0 aromatic rings. The van der Waals surface area contributed by atoms with Crippen molar-refractivity contribution in [2.45, 2.75) is 225 Å². The molecule has 0 aliphatic carbocycles. The first-order valence-electron chi connectivity index (χ1n) is 28.6. The van der Waals surface area contributed by atoms with Gasteiger partial charge in [0.05, 0.1) is 26.4 Å². The maximum atomic E-state index is 12.8. The van der Waals surface area contributed by atoms with Gasteiger partial charge in [-0.1, -0.05) is 140 Å². The Morgan fingerprint density at radius 1 is 0.403 bits per heavy atom. The smallest absolute Gasteiger partial charge is 0.332 e. The summed E-state index contributed by atoms with van der Waals surface area (Å²) in [6.45, 7) is 6.89. The summed E-state index contributed by atoms with van der Waals surface area (Å²) < 4.78 is 37.3. The molecule has 0 atom stereocenters. The summed E-state index contributed by atoms with van der Waals surface area (Å²) in [6.07, 6.45) is 50.2. The standard InChI is InChI=1S/C59H101NO12/c1-3-5-7-9-11-13-15-17-19-21-23-25-27-29-31-35-46-68-56(62)50-66-52-58(64)70-48-38-40-54(72-55(61)42-37-45-60-43-33-34-44-60)41-39-49-71-59(65)53-67-51-57(63)69-47-36-32-30-28-26-24-22-20-18-16-14-12-10-8-6-4-2/h11-14,17-20,54H,3-10,15-16,21-53H2,1-2H3. The Morgan fingerprint density at radius 3 is 1.14 bits per heavy atom. The Morgan fingerprint density at radius 2 is 0.750 bits per heavy atom. The van der Waals surface area contributed by atoms with E-state index in [-0.39, 0.29) is 45.6 Å². The molecule has 0 unspecified atom stereocenters. The van der Waals surface area contributed by atoms with E-state index in [9.17, 15) is 24.0 Å². The van der Waals surface area contributed by atoms with Crippen molar-refractivity contribution in [3.05, 3.63) is 48.6 Å². The third-order valence-electron chi connectivity index (χ3n) is 12.3. The van der Waals surface area contributed by atoms with E-state index in [2.05, 4.69) is 67.4 Å². The lowest BCUT2D eigenvalue weighted by Gasteiger charge is -2.19. The molecule has 1 fully saturated rings. The summed E-state index contributed by atoms with van der Waals surface area (Å²) in [6, 6.07) is 0. The molecule has 0 aromatic heterocycles. The molecule has 0 spiro atoms. The highest BCUT2D eigenvalue weighted by atomic mass is 16.6. The van der Waals surface area contributed by atoms with E-state index in [0.29, 0.717) is 45.3 Å². The molecule has 0 aromatic carbocycles. The van der Waals surface area contributed by atoms with E-state index in [1.54, 1.807) is 0 Å². The van der Waals surface area contributed by atoms with Crippen LogP contribution in [-0.4, -0.2) is 113 Å². The van der Waals surface area contributed by atoms with E-state index in [0.717, 1.165) is 90.3 Å². The first-order chi connectivity index (χ1) is 35.3. The van der Waals surface area contributed by atoms with Crippen molar-refractivity contribution >= 4 is 29.8 Å². The molecule has 1 saturated heterocycles. The fraction of sp³-hybridized carbons (Fsp3) is 0.780. The molecule has 13 heteroatoms. The zero-order valence-corrected chi connectivity index (χ0v) is 45.4. The number of rotatable bonds is 51. The third-order valence-corrected chi connectivity index (χ3v) is 12.3. The fourth-order valence-electron chi connectivity index (χ4n) is 8.11. The zero-order valence-electron chi connectivity index (χ0n) is 45.4. The number of carbonyl (C=O) groups excluding carboxylic acids is 5. The molecule has 1 aliphatic rings. The van der Waals surface area contributed by atoms with E-state index < -0.39 is 30.0 Å². The van der Waals surface area contributed by atoms with Crippen LogP contribution in [0.2, 0.25) is 0 Å². The van der Waals surface area contributed by atoms with Crippen molar-refractivity contribution in [1.82, 2.24) is 4.90 Å². The predicted molar refractivity (Wildman–Crippen MR) is 287 cm³/mol. The number of carbonyl (C=O) groups is 5. The number of allylic oxidation sites excluding steroid dienone is 8. The molecule has 414 valence electrons. The van der Waals surface area contributed by atoms with Crippen LogP contribution in [0.25, 0.3) is 0 Å². The molecule has 1 aliphatic heterocycles. The van der Waals surface area contributed by atoms with Crippen molar-refractivity contribution in [3.63, 3.8) is 0 Å². The second kappa shape index (κ2) is 52.1. The van der Waals surface area contributed by atoms with Crippen LogP contribution in [-0.2, 0) is 57.1 Å². The van der Waals surface area contributed by atoms with Gasteiger partial charge in [0.2, 0.25) is 0 Å². The molecule has 1 rings (SSSR count). The van der Waals surface area contributed by atoms with Crippen LogP contribution in [0.15, 0.2) is 48.6 Å². The summed E-state index contributed by atoms with van der Waals surface area (Å²) in [5.41, 5.74) is 0. The molecule has 0 amide bonds. The average molecular weight is 1020 g/mol. The van der Waals surface area contributed by atoms with Crippen molar-refractivity contribution in [1.29, 1.82) is 0 Å². The van der Waals surface area contributed by atoms with Gasteiger partial charge in [-0.3, -0.25) is 4.79 Å². The van der Waals surface area contributed by atoms with Crippen LogP contribution in [0.4, 0.5) is 0 Å². The van der Waals surface area contributed by atoms with Gasteiger partial charge in [0.1, 0.15) is 32.5 Å². The first-order valence-corrected chi connectivity index (χ1v) is 28.6. The van der Waals surface area contributed by atoms with Gasteiger partial charge in [-0.05, 0) is 142 Å². The Bertz CT molecular complexity index is 1350. The average Bonchev–Trinajstić information content (AvgIpc) is 3.89. The quantitative estimate of drug-likeness (QED) is 0.0246. The van der Waals surface area contributed by atoms with E-state index in [1.807, 2.05) is 0 Å². The monoisotopic (exact) mass is 1020 g/mol. The van der Waals surface area contributed by atoms with Crippen molar-refractivity contribution in [3.8, 4) is 0 Å². The fourth-order valence-corrected chi connectivity index (χ4v) is 8.11. The van der Waals surface area contributed by atoms with Crippen molar-refractivity contribution < 1.29 is 57.1 Å². The van der Waals surface area contributed by atoms with Crippen LogP contribution in [0, 0.1) is 0 Å². The molecule has 72 heavy (non-hydrogen) atoms. The Hall–Kier alpha value is -3.81. The largest absolute Gasteiger partial charge is 0.464 e. The maximum Gasteiger partial charge on any atom is 0.332 e. The molecular weight excluding hydrogens is 915 g/mol. The number of ether oxygens (including phenoxy) is 7. The Labute approximate surface area is 437 Å². The highest BCUT2D eigenvalue weighted by molar-refractivity contribution is 5.74. The SMILES string of the molecule is CCCCCC=CCC=CCCCCCCCCOC(=O)COCC(=O)OCCCC(CCCOC(=O)COCC(=O)OCCCCCCCCC=CCC=CCCCCC)OC(=O)CCCN1CCCC1. The number of likely N-dealkylation sites (tertiary alicyclic amines) is 1. The lowest BCUT2D eigenvalue weighted by molar-refractivity contribution is -0.157. The van der Waals surface area contributed by atoms with Gasteiger partial charge in [-0.15, -0.1) is 0 Å². The van der Waals surface area contributed by atoms with Crippen LogP contribution in [0.3, 0.4) is 0 Å². The van der Waals surface area contributed by atoms with Gasteiger partial charge in [0.15, 0.2) is 0 Å². The minimum absolute atomic E-state index is 0.0915. The van der Waals surface area contributed by atoms with Crippen molar-refractivity contribution in [2.75, 3.05) is 72.5 Å². The summed E-state index contributed by atoms with van der Waals surface area (Å²) in [7, 11) is 0. The topological polar surface area (TPSA) is 153 Å². The molecule has 0 radical (unpaired) electrons. The van der Waals surface area contributed by atoms with Gasteiger partial charge in [0.25, 0.3) is 0 Å². The summed E-state index contributed by atoms with van der Waals surface area (Å²) in [5.74, 6) is -2.51. The lowest BCUT2D eigenvalue weighted by atomic mass is 10.1. The van der Waals surface area contributed by atoms with Gasteiger partial charge < -0.3 is 38.1 Å². The number of unbranched alkanes of at least 4 members (excludes halogenated alkanes) is 18. The Balaban J connectivity index is 2.15. The second-order valence-electron chi connectivity index (χ2n) is 19.1. The number of esters is 5. The van der Waals surface area contributed by atoms with Gasteiger partial charge in [-0.25, -0.2) is 19.2 Å². The van der Waals surface area contributed by atoms with Crippen LogP contribution >= 0.6 is 0 Å². The molecule has 0 saturated carbocycles. The number of hydrogen-bond donors (Lipinski definition) is 0. The highest BCUT2D eigenvalue weighted by Gasteiger charge is 2.18. The number of hydrogen-bond acceptors (Lipinski definition) is 13. The third kappa shape index (κ3) is 47.2. The minimum atomic E-state index is -0.599. The van der Waals surface area contributed by atoms with Crippen LogP contribution in [0.5, 0.6) is 0 Å². The molecule has 0 bridgehead atoms. The number of nitrogens with zero attached hydrogens (tertiary/aromatic N) is 1. The summed E-state index contributed by atoms with van der Waals surface area (Å²) >= 11 is 0. The van der Waals surface area contributed by atoms with Gasteiger partial charge >= 0.3 is 29.8 Å². The van der Waals surface area contributed by atoms with Gasteiger partial charge in [0, 0.05) is 6.42 Å². The molecule has 13 nitrogen and oxygen atoms in total.